The Morgan fingerprint density at radius 1 is 0.784 bits per heavy atom. The molecular weight excluding hydrogens is 476 g/mol. The molecule has 3 rings (SSSR count). The molecule has 196 valence electrons. The monoisotopic (exact) mass is 508 g/mol. The lowest BCUT2D eigenvalue weighted by Crippen LogP contribution is -2.39. The molecule has 2 heterocycles. The first-order valence-electron chi connectivity index (χ1n) is 11.5. The van der Waals surface area contributed by atoms with Crippen LogP contribution in [0.4, 0.5) is 0 Å². The van der Waals surface area contributed by atoms with E-state index in [4.69, 9.17) is 10.5 Å². The molecule has 0 aliphatic carbocycles. The molecule has 2 atom stereocenters. The number of pyridine rings is 2. The number of carbonyl (C=O) groups is 3. The van der Waals surface area contributed by atoms with Gasteiger partial charge in [-0.25, -0.2) is 4.79 Å². The van der Waals surface area contributed by atoms with Gasteiger partial charge in [0, 0.05) is 43.2 Å². The molecule has 0 aliphatic rings. The minimum absolute atomic E-state index is 0.341. The average molecular weight is 509 g/mol. The molecule has 0 bridgehead atoms. The summed E-state index contributed by atoms with van der Waals surface area (Å²) in [7, 11) is 4.03. The maximum Gasteiger partial charge on any atom is 0.337 e. The lowest BCUT2D eigenvalue weighted by molar-refractivity contribution is -0.143. The number of ether oxygens (including phenoxy) is 3. The first-order valence-corrected chi connectivity index (χ1v) is 11.5. The normalized spacial score (nSPS) is 11.8. The summed E-state index contributed by atoms with van der Waals surface area (Å²) in [5.41, 5.74) is 8.57. The number of rotatable bonds is 10. The molecule has 2 aromatic heterocycles. The number of esters is 3. The summed E-state index contributed by atoms with van der Waals surface area (Å²) < 4.78 is 14.0. The summed E-state index contributed by atoms with van der Waals surface area (Å²) in [6.07, 6.45) is 4.20. The van der Waals surface area contributed by atoms with E-state index in [1.807, 2.05) is 48.5 Å². The molecule has 0 fully saturated rings. The highest BCUT2D eigenvalue weighted by Gasteiger charge is 2.19. The van der Waals surface area contributed by atoms with E-state index in [9.17, 15) is 14.4 Å². The summed E-state index contributed by atoms with van der Waals surface area (Å²) in [5.74, 6) is -1.13. The highest BCUT2D eigenvalue weighted by molar-refractivity contribution is 5.89. The average Bonchev–Trinajstić information content (AvgIpc) is 2.95. The zero-order valence-electron chi connectivity index (χ0n) is 21.1. The van der Waals surface area contributed by atoms with E-state index in [0.29, 0.717) is 24.9 Å². The van der Waals surface area contributed by atoms with Crippen LogP contribution in [0.2, 0.25) is 0 Å². The van der Waals surface area contributed by atoms with Crippen LogP contribution in [-0.4, -0.2) is 61.3 Å². The lowest BCUT2D eigenvalue weighted by Gasteiger charge is -2.16. The van der Waals surface area contributed by atoms with Gasteiger partial charge in [-0.05, 0) is 42.0 Å². The number of aromatic nitrogens is 2. The molecule has 0 saturated carbocycles. The molecule has 0 unspecified atom stereocenters. The minimum atomic E-state index is -0.625. The fourth-order valence-electron chi connectivity index (χ4n) is 3.21. The van der Waals surface area contributed by atoms with Crippen molar-refractivity contribution >= 4 is 17.9 Å². The van der Waals surface area contributed by atoms with Crippen LogP contribution in [0.3, 0.4) is 0 Å². The largest absolute Gasteiger partial charge is 0.468 e. The highest BCUT2D eigenvalue weighted by atomic mass is 16.5. The van der Waals surface area contributed by atoms with Gasteiger partial charge in [-0.15, -0.1) is 0 Å². The zero-order valence-corrected chi connectivity index (χ0v) is 21.1. The van der Waals surface area contributed by atoms with Gasteiger partial charge in [-0.1, -0.05) is 24.3 Å². The minimum Gasteiger partial charge on any atom is -0.468 e. The number of carbonyl (C=O) groups excluding carboxylic acids is 3. The Kier molecular flexibility index (Phi) is 12.4. The van der Waals surface area contributed by atoms with Gasteiger partial charge >= 0.3 is 17.9 Å². The maximum atomic E-state index is 11.9. The predicted molar refractivity (Wildman–Crippen MR) is 136 cm³/mol. The Bertz CT molecular complexity index is 1110. The third kappa shape index (κ3) is 10.2. The molecule has 3 aromatic rings. The van der Waals surface area contributed by atoms with E-state index in [1.165, 1.54) is 21.3 Å². The molecule has 0 spiro atoms. The van der Waals surface area contributed by atoms with Gasteiger partial charge in [0.15, 0.2) is 0 Å². The van der Waals surface area contributed by atoms with Crippen LogP contribution in [-0.2, 0) is 43.2 Å². The van der Waals surface area contributed by atoms with Crippen molar-refractivity contribution in [1.29, 1.82) is 0 Å². The SMILES string of the molecule is COC(=O)[C@H](N)Cc1ccccn1.COC(=O)c1ccc(CN[C@H](Cc2ccccn2)C(=O)OC)cc1. The molecular formula is C27H32N4O6. The third-order valence-corrected chi connectivity index (χ3v) is 5.21. The molecule has 10 nitrogen and oxygen atoms in total. The van der Waals surface area contributed by atoms with Crippen molar-refractivity contribution in [2.45, 2.75) is 31.5 Å². The zero-order chi connectivity index (χ0) is 27.0. The summed E-state index contributed by atoms with van der Waals surface area (Å²) in [4.78, 5) is 42.6. The van der Waals surface area contributed by atoms with E-state index in [-0.39, 0.29) is 11.9 Å². The fraction of sp³-hybridized carbons (Fsp3) is 0.296. The Labute approximate surface area is 216 Å². The first kappa shape index (κ1) is 29.1. The fourth-order valence-corrected chi connectivity index (χ4v) is 3.21. The summed E-state index contributed by atoms with van der Waals surface area (Å²) in [6.45, 7) is 0.466. The van der Waals surface area contributed by atoms with Crippen LogP contribution in [0.15, 0.2) is 73.1 Å². The number of hydrogen-bond acceptors (Lipinski definition) is 10. The Morgan fingerprint density at radius 3 is 1.84 bits per heavy atom. The van der Waals surface area contributed by atoms with Gasteiger partial charge in [0.2, 0.25) is 0 Å². The number of nitrogens with one attached hydrogen (secondary N) is 1. The first-order chi connectivity index (χ1) is 17.9. The molecule has 3 N–H and O–H groups in total. The van der Waals surface area contributed by atoms with Crippen LogP contribution >= 0.6 is 0 Å². The van der Waals surface area contributed by atoms with Crippen LogP contribution in [0.25, 0.3) is 0 Å². The van der Waals surface area contributed by atoms with Crippen molar-refractivity contribution in [3.8, 4) is 0 Å². The Balaban J connectivity index is 0.000000312. The van der Waals surface area contributed by atoms with Crippen LogP contribution in [0.1, 0.15) is 27.3 Å². The van der Waals surface area contributed by atoms with Crippen molar-refractivity contribution in [1.82, 2.24) is 15.3 Å². The summed E-state index contributed by atoms with van der Waals surface area (Å²) >= 11 is 0. The number of nitrogens with zero attached hydrogens (tertiary/aromatic N) is 2. The molecule has 10 heteroatoms. The second-order valence-electron chi connectivity index (χ2n) is 7.83. The number of methoxy groups -OCH3 is 3. The van der Waals surface area contributed by atoms with Gasteiger partial charge in [0.05, 0.1) is 26.9 Å². The number of hydrogen-bond donors (Lipinski definition) is 2. The van der Waals surface area contributed by atoms with E-state index in [2.05, 4.69) is 24.8 Å². The van der Waals surface area contributed by atoms with E-state index in [1.54, 1.807) is 24.5 Å². The Hall–Kier alpha value is -4.15. The smallest absolute Gasteiger partial charge is 0.337 e. The second kappa shape index (κ2) is 15.8. The predicted octanol–water partition coefficient (Wildman–Crippen LogP) is 1.87. The van der Waals surface area contributed by atoms with Gasteiger partial charge in [0.1, 0.15) is 12.1 Å². The molecule has 0 saturated heterocycles. The second-order valence-corrected chi connectivity index (χ2v) is 7.83. The molecule has 1 aromatic carbocycles. The third-order valence-electron chi connectivity index (χ3n) is 5.21. The maximum absolute atomic E-state index is 11.9. The van der Waals surface area contributed by atoms with Gasteiger partial charge in [-0.2, -0.15) is 0 Å². The quantitative estimate of drug-likeness (QED) is 0.308. The number of nitrogens with two attached hydrogens (primary N) is 1. The molecule has 37 heavy (non-hydrogen) atoms. The number of benzene rings is 1. The van der Waals surface area contributed by atoms with Crippen LogP contribution in [0, 0.1) is 0 Å². The van der Waals surface area contributed by atoms with E-state index >= 15 is 0 Å². The summed E-state index contributed by atoms with van der Waals surface area (Å²) in [5, 5.41) is 3.17. The van der Waals surface area contributed by atoms with Crippen molar-refractivity contribution in [3.05, 3.63) is 95.6 Å². The summed E-state index contributed by atoms with van der Waals surface area (Å²) in [6, 6.07) is 16.9. The lowest BCUT2D eigenvalue weighted by atomic mass is 10.1. The molecule has 0 radical (unpaired) electrons. The van der Waals surface area contributed by atoms with Crippen molar-refractivity contribution in [3.63, 3.8) is 0 Å². The highest BCUT2D eigenvalue weighted by Crippen LogP contribution is 2.08. The van der Waals surface area contributed by atoms with E-state index < -0.39 is 18.1 Å². The molecule has 0 amide bonds. The topological polar surface area (TPSA) is 143 Å². The van der Waals surface area contributed by atoms with E-state index in [0.717, 1.165) is 17.0 Å². The Morgan fingerprint density at radius 2 is 1.35 bits per heavy atom. The standard InChI is InChI=1S/C18H20N2O4.C9H12N2O2/c1-23-17(21)14-8-6-13(7-9-14)12-20-16(18(22)24-2)11-15-5-3-4-10-19-15;1-13-9(12)8(10)6-7-4-2-3-5-11-7/h3-10,16,20H,11-12H2,1-2H3;2-5,8H,6,10H2,1H3/t16-;8-/m11/s1. The van der Waals surface area contributed by atoms with Gasteiger partial charge in [-0.3, -0.25) is 24.9 Å². The van der Waals surface area contributed by atoms with Crippen LogP contribution < -0.4 is 11.1 Å². The van der Waals surface area contributed by atoms with Crippen LogP contribution in [0.5, 0.6) is 0 Å². The van der Waals surface area contributed by atoms with Crippen molar-refractivity contribution in [2.24, 2.45) is 5.73 Å². The van der Waals surface area contributed by atoms with Gasteiger partial charge < -0.3 is 19.9 Å². The van der Waals surface area contributed by atoms with Gasteiger partial charge in [0.25, 0.3) is 0 Å². The van der Waals surface area contributed by atoms with Crippen molar-refractivity contribution in [2.75, 3.05) is 21.3 Å². The molecule has 0 aliphatic heterocycles. The van der Waals surface area contributed by atoms with Crippen molar-refractivity contribution < 1.29 is 28.6 Å².